The number of hydrogen-bond acceptors (Lipinski definition) is 5. The zero-order chi connectivity index (χ0) is 17.7. The zero-order valence-electron chi connectivity index (χ0n) is 14.6. The van der Waals surface area contributed by atoms with E-state index in [9.17, 15) is 9.90 Å². The first kappa shape index (κ1) is 17.6. The van der Waals surface area contributed by atoms with Crippen LogP contribution in [0.4, 0.5) is 0 Å². The van der Waals surface area contributed by atoms with Crippen molar-refractivity contribution in [2.24, 2.45) is 0 Å². The average molecular weight is 343 g/mol. The lowest BCUT2D eigenvalue weighted by Gasteiger charge is -2.22. The van der Waals surface area contributed by atoms with Crippen molar-refractivity contribution < 1.29 is 14.4 Å². The highest BCUT2D eigenvalue weighted by Gasteiger charge is 2.27. The van der Waals surface area contributed by atoms with Crippen LogP contribution in [-0.4, -0.2) is 27.2 Å². The number of amides is 1. The van der Waals surface area contributed by atoms with Crippen molar-refractivity contribution in [3.8, 4) is 0 Å². The van der Waals surface area contributed by atoms with Gasteiger partial charge in [0.05, 0.1) is 18.4 Å². The summed E-state index contributed by atoms with van der Waals surface area (Å²) in [6.07, 6.45) is 5.99. The van der Waals surface area contributed by atoms with Gasteiger partial charge in [0.15, 0.2) is 5.82 Å². The molecule has 1 aromatic carbocycles. The number of carbonyl (C=O) groups excluding carboxylic acids is 1. The lowest BCUT2D eigenvalue weighted by atomic mass is 9.93. The fourth-order valence-electron chi connectivity index (χ4n) is 3.30. The largest absolute Gasteiger partial charge is 0.385 e. The van der Waals surface area contributed by atoms with Crippen LogP contribution in [0.1, 0.15) is 56.3 Å². The van der Waals surface area contributed by atoms with Crippen LogP contribution in [0.3, 0.4) is 0 Å². The monoisotopic (exact) mass is 343 g/mol. The summed E-state index contributed by atoms with van der Waals surface area (Å²) in [5, 5.41) is 17.5. The zero-order valence-corrected chi connectivity index (χ0v) is 14.6. The lowest BCUT2D eigenvalue weighted by molar-refractivity contribution is -0.121. The quantitative estimate of drug-likeness (QED) is 0.841. The van der Waals surface area contributed by atoms with E-state index < -0.39 is 5.60 Å². The Morgan fingerprint density at radius 1 is 1.28 bits per heavy atom. The summed E-state index contributed by atoms with van der Waals surface area (Å²) in [5.74, 6) is 0.607. The van der Waals surface area contributed by atoms with Crippen LogP contribution in [0.25, 0.3) is 0 Å². The topological polar surface area (TPSA) is 88.3 Å². The van der Waals surface area contributed by atoms with Gasteiger partial charge in [0.2, 0.25) is 11.8 Å². The van der Waals surface area contributed by atoms with Crippen molar-refractivity contribution in [1.29, 1.82) is 0 Å². The number of carbonyl (C=O) groups is 1. The molecule has 0 radical (unpaired) electrons. The van der Waals surface area contributed by atoms with Crippen molar-refractivity contribution in [1.82, 2.24) is 15.5 Å². The standard InChI is InChI=1S/C19H25N3O3/c1-19(24,14-8-4-2-5-9-14)13-18-21-16(22-25-18)12-17(23)20-15-10-6-3-7-11-15/h2,4-5,8-9,15,24H,3,6-7,10-13H2,1H3,(H,20,23)/t19-/m0/s1. The molecular weight excluding hydrogens is 318 g/mol. The number of nitrogens with zero attached hydrogens (tertiary/aromatic N) is 2. The maximum absolute atomic E-state index is 12.1. The molecule has 1 amide bonds. The van der Waals surface area contributed by atoms with E-state index in [4.69, 9.17) is 4.52 Å². The minimum atomic E-state index is -1.10. The van der Waals surface area contributed by atoms with E-state index in [1.54, 1.807) is 6.92 Å². The highest BCUT2D eigenvalue weighted by Crippen LogP contribution is 2.24. The van der Waals surface area contributed by atoms with Crippen molar-refractivity contribution in [2.75, 3.05) is 0 Å². The van der Waals surface area contributed by atoms with Crippen LogP contribution < -0.4 is 5.32 Å². The van der Waals surface area contributed by atoms with Crippen LogP contribution in [0.15, 0.2) is 34.9 Å². The highest BCUT2D eigenvalue weighted by atomic mass is 16.5. The van der Waals surface area contributed by atoms with Gasteiger partial charge < -0.3 is 14.9 Å². The molecule has 1 saturated carbocycles. The second-order valence-electron chi connectivity index (χ2n) is 7.00. The van der Waals surface area contributed by atoms with E-state index in [1.165, 1.54) is 19.3 Å². The SMILES string of the molecule is C[C@](O)(Cc1nc(CC(=O)NC2CCCCC2)no1)c1ccccc1. The molecule has 2 aromatic rings. The van der Waals surface area contributed by atoms with E-state index in [0.717, 1.165) is 18.4 Å². The molecule has 2 N–H and O–H groups in total. The van der Waals surface area contributed by atoms with Gasteiger partial charge >= 0.3 is 0 Å². The summed E-state index contributed by atoms with van der Waals surface area (Å²) in [6, 6.07) is 9.63. The minimum absolute atomic E-state index is 0.0749. The molecule has 1 heterocycles. The van der Waals surface area contributed by atoms with Gasteiger partial charge in [-0.05, 0) is 25.3 Å². The van der Waals surface area contributed by atoms with Gasteiger partial charge in [-0.3, -0.25) is 4.79 Å². The third kappa shape index (κ3) is 4.89. The summed E-state index contributed by atoms with van der Waals surface area (Å²) < 4.78 is 5.21. The average Bonchev–Trinajstić information content (AvgIpc) is 3.02. The van der Waals surface area contributed by atoms with Gasteiger partial charge in [0.1, 0.15) is 0 Å². The van der Waals surface area contributed by atoms with Gasteiger partial charge in [-0.15, -0.1) is 0 Å². The number of hydrogen-bond donors (Lipinski definition) is 2. The molecule has 0 bridgehead atoms. The van der Waals surface area contributed by atoms with Crippen molar-refractivity contribution >= 4 is 5.91 Å². The molecule has 1 fully saturated rings. The summed E-state index contributed by atoms with van der Waals surface area (Å²) in [5.41, 5.74) is -0.320. The van der Waals surface area contributed by atoms with E-state index >= 15 is 0 Å². The Morgan fingerprint density at radius 2 is 2.00 bits per heavy atom. The molecule has 0 spiro atoms. The van der Waals surface area contributed by atoms with Gasteiger partial charge in [0, 0.05) is 6.04 Å². The Kier molecular flexibility index (Phi) is 5.48. The van der Waals surface area contributed by atoms with E-state index in [-0.39, 0.29) is 24.8 Å². The number of benzene rings is 1. The molecule has 0 unspecified atom stereocenters. The van der Waals surface area contributed by atoms with Crippen LogP contribution in [0.5, 0.6) is 0 Å². The van der Waals surface area contributed by atoms with Crippen LogP contribution in [0.2, 0.25) is 0 Å². The van der Waals surface area contributed by atoms with Crippen LogP contribution >= 0.6 is 0 Å². The van der Waals surface area contributed by atoms with Crippen LogP contribution in [-0.2, 0) is 23.2 Å². The number of aromatic nitrogens is 2. The highest BCUT2D eigenvalue weighted by molar-refractivity contribution is 5.78. The van der Waals surface area contributed by atoms with Gasteiger partial charge in [0.25, 0.3) is 0 Å². The van der Waals surface area contributed by atoms with Crippen molar-refractivity contribution in [3.63, 3.8) is 0 Å². The first-order chi connectivity index (χ1) is 12.0. The molecule has 134 valence electrons. The second-order valence-corrected chi connectivity index (χ2v) is 7.00. The predicted molar refractivity (Wildman–Crippen MR) is 92.7 cm³/mol. The molecular formula is C19H25N3O3. The van der Waals surface area contributed by atoms with E-state index in [0.29, 0.717) is 11.7 Å². The summed E-state index contributed by atoms with van der Waals surface area (Å²) in [4.78, 5) is 16.4. The van der Waals surface area contributed by atoms with Gasteiger partial charge in [-0.1, -0.05) is 54.8 Å². The number of aliphatic hydroxyl groups is 1. The fourth-order valence-corrected chi connectivity index (χ4v) is 3.30. The molecule has 1 aliphatic carbocycles. The molecule has 0 aliphatic heterocycles. The summed E-state index contributed by atoms with van der Waals surface area (Å²) in [6.45, 7) is 1.71. The van der Waals surface area contributed by atoms with E-state index in [2.05, 4.69) is 15.5 Å². The number of rotatable bonds is 6. The van der Waals surface area contributed by atoms with Crippen molar-refractivity contribution in [2.45, 2.75) is 63.5 Å². The Hall–Kier alpha value is -2.21. The molecule has 1 aliphatic rings. The molecule has 6 heteroatoms. The van der Waals surface area contributed by atoms with Crippen molar-refractivity contribution in [3.05, 3.63) is 47.6 Å². The van der Waals surface area contributed by atoms with Gasteiger partial charge in [-0.25, -0.2) is 0 Å². The molecule has 25 heavy (non-hydrogen) atoms. The smallest absolute Gasteiger partial charge is 0.229 e. The second kappa shape index (κ2) is 7.78. The number of nitrogens with one attached hydrogen (secondary N) is 1. The van der Waals surface area contributed by atoms with Crippen LogP contribution in [0, 0.1) is 0 Å². The minimum Gasteiger partial charge on any atom is -0.385 e. The molecule has 3 rings (SSSR count). The lowest BCUT2D eigenvalue weighted by Crippen LogP contribution is -2.37. The maximum atomic E-state index is 12.1. The Labute approximate surface area is 147 Å². The Balaban J connectivity index is 1.56. The third-order valence-electron chi connectivity index (χ3n) is 4.69. The molecule has 0 saturated heterocycles. The fraction of sp³-hybridized carbons (Fsp3) is 0.526. The maximum Gasteiger partial charge on any atom is 0.229 e. The Morgan fingerprint density at radius 3 is 2.72 bits per heavy atom. The molecule has 6 nitrogen and oxygen atoms in total. The normalized spacial score (nSPS) is 17.8. The molecule has 1 aromatic heterocycles. The predicted octanol–water partition coefficient (Wildman–Crippen LogP) is 2.51. The third-order valence-corrected chi connectivity index (χ3v) is 4.69. The molecule has 1 atom stereocenters. The summed E-state index contributed by atoms with van der Waals surface area (Å²) in [7, 11) is 0. The van der Waals surface area contributed by atoms with Gasteiger partial charge in [-0.2, -0.15) is 4.98 Å². The first-order valence-electron chi connectivity index (χ1n) is 8.92. The van der Waals surface area contributed by atoms with E-state index in [1.807, 2.05) is 30.3 Å². The summed E-state index contributed by atoms with van der Waals surface area (Å²) >= 11 is 0. The first-order valence-corrected chi connectivity index (χ1v) is 8.92. The Bertz CT molecular complexity index is 691.